The van der Waals surface area contributed by atoms with Gasteiger partial charge in [0.25, 0.3) is 10.1 Å². The van der Waals surface area contributed by atoms with Crippen molar-refractivity contribution in [3.8, 4) is 0 Å². The average molecular weight is 851 g/mol. The Labute approximate surface area is 353 Å². The van der Waals surface area contributed by atoms with E-state index in [-0.39, 0.29) is 19.4 Å². The number of esters is 2. The minimum Gasteiger partial charge on any atom is -0.462 e. The Kier molecular flexibility index (Phi) is 34.2. The van der Waals surface area contributed by atoms with E-state index in [0.717, 1.165) is 38.5 Å². The molecule has 58 heavy (non-hydrogen) atoms. The molecule has 344 valence electrons. The second-order valence-corrected chi connectivity index (χ2v) is 18.3. The van der Waals surface area contributed by atoms with Gasteiger partial charge < -0.3 is 34.3 Å². The van der Waals surface area contributed by atoms with Gasteiger partial charge in [-0.2, -0.15) is 8.42 Å². The molecule has 1 rings (SSSR count). The summed E-state index contributed by atoms with van der Waals surface area (Å²) in [6.07, 6.45) is 27.1. The van der Waals surface area contributed by atoms with Crippen molar-refractivity contribution in [2.75, 3.05) is 19.0 Å². The molecule has 0 radical (unpaired) electrons. The molecule has 12 nitrogen and oxygen atoms in total. The number of hydrogen-bond acceptors (Lipinski definition) is 11. The summed E-state index contributed by atoms with van der Waals surface area (Å²) in [4.78, 5) is 25.4. The van der Waals surface area contributed by atoms with E-state index in [4.69, 9.17) is 18.9 Å². The molecule has 0 aromatic carbocycles. The molecule has 0 aliphatic carbocycles. The maximum absolute atomic E-state index is 12.8. The summed E-state index contributed by atoms with van der Waals surface area (Å²) in [5.41, 5.74) is 0. The summed E-state index contributed by atoms with van der Waals surface area (Å²) >= 11 is 0. The van der Waals surface area contributed by atoms with E-state index in [9.17, 15) is 37.9 Å². The largest absolute Gasteiger partial charge is 0.462 e. The van der Waals surface area contributed by atoms with Gasteiger partial charge in [0.2, 0.25) is 0 Å². The van der Waals surface area contributed by atoms with Gasteiger partial charge in [0, 0.05) is 12.8 Å². The van der Waals surface area contributed by atoms with Gasteiger partial charge in [-0.05, 0) is 12.8 Å². The Morgan fingerprint density at radius 2 is 0.879 bits per heavy atom. The Hall–Kier alpha value is -1.35. The fraction of sp³-hybridized carbons (Fsp3) is 0.956. The van der Waals surface area contributed by atoms with Crippen molar-refractivity contribution in [2.45, 2.75) is 256 Å². The van der Waals surface area contributed by atoms with Crippen LogP contribution in [0.2, 0.25) is 0 Å². The smallest absolute Gasteiger partial charge is 0.306 e. The van der Waals surface area contributed by atoms with Crippen molar-refractivity contribution in [1.29, 1.82) is 0 Å². The summed E-state index contributed by atoms with van der Waals surface area (Å²) in [7, 11) is -4.60. The number of ether oxygens (including phenoxy) is 4. The Morgan fingerprint density at radius 3 is 1.26 bits per heavy atom. The normalized spacial score (nSPS) is 20.3. The number of carbonyl (C=O) groups excluding carboxylic acids is 2. The predicted octanol–water partition coefficient (Wildman–Crippen LogP) is 9.68. The SMILES string of the molecule is CCCCCCCCCCCCCCCCCC(=O)OCC(CO[C@@H]1O[C@H](CS(=O)(=O)O)[C@@H](O)[C@H](O)[C@H]1O)OC(=O)CCCCCCCCCCCCCCCCC. The molecule has 0 aromatic rings. The molecule has 1 heterocycles. The molecular formula is C45H86O12S. The van der Waals surface area contributed by atoms with Crippen LogP contribution in [-0.4, -0.2) is 96.0 Å². The van der Waals surface area contributed by atoms with Crippen LogP contribution in [-0.2, 0) is 38.7 Å². The van der Waals surface area contributed by atoms with Crippen molar-refractivity contribution >= 4 is 22.1 Å². The van der Waals surface area contributed by atoms with Crippen LogP contribution in [0.25, 0.3) is 0 Å². The predicted molar refractivity (Wildman–Crippen MR) is 229 cm³/mol. The van der Waals surface area contributed by atoms with Gasteiger partial charge in [-0.15, -0.1) is 0 Å². The Balaban J connectivity index is 2.41. The number of hydrogen-bond donors (Lipinski definition) is 4. The van der Waals surface area contributed by atoms with E-state index < -0.39 is 71.2 Å². The lowest BCUT2D eigenvalue weighted by Crippen LogP contribution is -2.60. The number of unbranched alkanes of at least 4 members (excludes halogenated alkanes) is 28. The molecule has 1 fully saturated rings. The minimum atomic E-state index is -4.60. The summed E-state index contributed by atoms with van der Waals surface area (Å²) in [6, 6.07) is 0. The quantitative estimate of drug-likeness (QED) is 0.0260. The zero-order valence-corrected chi connectivity index (χ0v) is 37.5. The van der Waals surface area contributed by atoms with Gasteiger partial charge in [-0.1, -0.05) is 194 Å². The lowest BCUT2D eigenvalue weighted by atomic mass is 10.00. The van der Waals surface area contributed by atoms with Crippen molar-refractivity contribution < 1.29 is 56.8 Å². The standard InChI is InChI=1S/C45H86O12S/c1-3-5-7-9-11-13-15-17-19-21-23-25-27-29-31-33-40(46)54-35-38(36-55-45-44(50)43(49)42(48)39(57-45)37-58(51,52)53)56-41(47)34-32-30-28-26-24-22-20-18-16-14-12-10-8-6-4-2/h38-39,42-45,48-50H,3-37H2,1-2H3,(H,51,52,53)/t38?,39-,42-,43+,44-,45-/m1/s1. The number of aliphatic hydroxyl groups excluding tert-OH is 3. The molecule has 1 unspecified atom stereocenters. The van der Waals surface area contributed by atoms with E-state index in [1.54, 1.807) is 0 Å². The van der Waals surface area contributed by atoms with Gasteiger partial charge in [0.1, 0.15) is 36.8 Å². The summed E-state index contributed by atoms with van der Waals surface area (Å²) in [5.74, 6) is -1.96. The minimum absolute atomic E-state index is 0.172. The zero-order valence-electron chi connectivity index (χ0n) is 36.7. The summed E-state index contributed by atoms with van der Waals surface area (Å²) in [6.45, 7) is 3.79. The van der Waals surface area contributed by atoms with Crippen LogP contribution in [0.15, 0.2) is 0 Å². The van der Waals surface area contributed by atoms with E-state index >= 15 is 0 Å². The molecule has 0 saturated carbocycles. The van der Waals surface area contributed by atoms with Crippen molar-refractivity contribution in [1.82, 2.24) is 0 Å². The fourth-order valence-electron chi connectivity index (χ4n) is 7.50. The van der Waals surface area contributed by atoms with Gasteiger partial charge in [-0.3, -0.25) is 14.1 Å². The third kappa shape index (κ3) is 30.6. The average Bonchev–Trinajstić information content (AvgIpc) is 3.18. The van der Waals surface area contributed by atoms with Gasteiger partial charge in [0.15, 0.2) is 12.4 Å². The summed E-state index contributed by atoms with van der Waals surface area (Å²) < 4.78 is 54.1. The van der Waals surface area contributed by atoms with E-state index in [0.29, 0.717) is 12.8 Å². The second kappa shape index (κ2) is 36.3. The van der Waals surface area contributed by atoms with Crippen molar-refractivity contribution in [3.05, 3.63) is 0 Å². The number of carbonyl (C=O) groups is 2. The zero-order chi connectivity index (χ0) is 42.7. The first kappa shape index (κ1) is 54.7. The lowest BCUT2D eigenvalue weighted by Gasteiger charge is -2.40. The molecule has 0 aromatic heterocycles. The van der Waals surface area contributed by atoms with Crippen LogP contribution < -0.4 is 0 Å². The fourth-order valence-corrected chi connectivity index (χ4v) is 8.19. The van der Waals surface area contributed by atoms with Gasteiger partial charge in [-0.25, -0.2) is 0 Å². The first-order valence-corrected chi connectivity index (χ1v) is 25.2. The third-order valence-corrected chi connectivity index (χ3v) is 11.9. The molecule has 0 amide bonds. The number of rotatable bonds is 40. The van der Waals surface area contributed by atoms with Crippen LogP contribution in [0.1, 0.15) is 219 Å². The highest BCUT2D eigenvalue weighted by Gasteiger charge is 2.46. The topological polar surface area (TPSA) is 186 Å². The first-order chi connectivity index (χ1) is 28.0. The van der Waals surface area contributed by atoms with Crippen LogP contribution in [0.5, 0.6) is 0 Å². The van der Waals surface area contributed by atoms with Crippen molar-refractivity contribution in [3.63, 3.8) is 0 Å². The molecule has 13 heteroatoms. The van der Waals surface area contributed by atoms with Crippen LogP contribution in [0.3, 0.4) is 0 Å². The highest BCUT2D eigenvalue weighted by molar-refractivity contribution is 7.85. The van der Waals surface area contributed by atoms with Crippen LogP contribution >= 0.6 is 0 Å². The van der Waals surface area contributed by atoms with E-state index in [2.05, 4.69) is 13.8 Å². The van der Waals surface area contributed by atoms with Gasteiger partial charge >= 0.3 is 11.9 Å². The van der Waals surface area contributed by atoms with Crippen molar-refractivity contribution in [2.24, 2.45) is 0 Å². The maximum Gasteiger partial charge on any atom is 0.306 e. The number of aliphatic hydroxyl groups is 3. The van der Waals surface area contributed by atoms with Crippen LogP contribution in [0, 0.1) is 0 Å². The lowest BCUT2D eigenvalue weighted by molar-refractivity contribution is -0.297. The van der Waals surface area contributed by atoms with Crippen LogP contribution in [0.4, 0.5) is 0 Å². The van der Waals surface area contributed by atoms with E-state index in [1.165, 1.54) is 141 Å². The monoisotopic (exact) mass is 851 g/mol. The third-order valence-electron chi connectivity index (χ3n) is 11.2. The first-order valence-electron chi connectivity index (χ1n) is 23.6. The molecule has 4 N–H and O–H groups in total. The van der Waals surface area contributed by atoms with E-state index in [1.807, 2.05) is 0 Å². The molecule has 0 spiro atoms. The highest BCUT2D eigenvalue weighted by atomic mass is 32.2. The maximum atomic E-state index is 12.8. The molecule has 6 atom stereocenters. The highest BCUT2D eigenvalue weighted by Crippen LogP contribution is 2.24. The Bertz CT molecular complexity index is 1090. The molecular weight excluding hydrogens is 765 g/mol. The Morgan fingerprint density at radius 1 is 0.517 bits per heavy atom. The molecule has 1 saturated heterocycles. The summed E-state index contributed by atoms with van der Waals surface area (Å²) in [5, 5.41) is 30.9. The van der Waals surface area contributed by atoms with Gasteiger partial charge in [0.05, 0.1) is 6.61 Å². The molecule has 1 aliphatic heterocycles. The molecule has 1 aliphatic rings. The molecule has 0 bridgehead atoms. The second-order valence-electron chi connectivity index (χ2n) is 16.8.